The molecule has 0 aliphatic carbocycles. The van der Waals surface area contributed by atoms with E-state index < -0.39 is 6.10 Å². The summed E-state index contributed by atoms with van der Waals surface area (Å²) >= 11 is 0. The Morgan fingerprint density at radius 1 is 1.04 bits per heavy atom. The van der Waals surface area contributed by atoms with E-state index >= 15 is 0 Å². The summed E-state index contributed by atoms with van der Waals surface area (Å²) in [6, 6.07) is 12.2. The number of anilines is 2. The number of carbonyl (C=O) groups is 1. The van der Waals surface area contributed by atoms with E-state index in [9.17, 15) is 4.79 Å². The van der Waals surface area contributed by atoms with E-state index in [4.69, 9.17) is 19.9 Å². The first-order valence-electron chi connectivity index (χ1n) is 7.09. The van der Waals surface area contributed by atoms with Gasteiger partial charge in [-0.2, -0.15) is 0 Å². The van der Waals surface area contributed by atoms with Crippen molar-refractivity contribution in [1.82, 2.24) is 0 Å². The molecule has 0 saturated heterocycles. The van der Waals surface area contributed by atoms with Gasteiger partial charge >= 0.3 is 0 Å². The smallest absolute Gasteiger partial charge is 0.265 e. The molecule has 0 aromatic heterocycles. The lowest BCUT2D eigenvalue weighted by Crippen LogP contribution is -2.30. The van der Waals surface area contributed by atoms with Gasteiger partial charge in [0.05, 0.1) is 19.9 Å². The van der Waals surface area contributed by atoms with Crippen LogP contribution in [0, 0.1) is 0 Å². The Morgan fingerprint density at radius 3 is 2.35 bits per heavy atom. The summed E-state index contributed by atoms with van der Waals surface area (Å²) in [5, 5.41) is 2.75. The molecule has 0 aliphatic rings. The second kappa shape index (κ2) is 7.40. The highest BCUT2D eigenvalue weighted by molar-refractivity contribution is 5.96. The molecule has 0 saturated carbocycles. The number of benzene rings is 2. The summed E-state index contributed by atoms with van der Waals surface area (Å²) in [5.41, 5.74) is 6.76. The van der Waals surface area contributed by atoms with E-state index in [0.717, 1.165) is 0 Å². The third kappa shape index (κ3) is 4.06. The van der Waals surface area contributed by atoms with Crippen LogP contribution < -0.4 is 25.3 Å². The average molecular weight is 316 g/mol. The minimum absolute atomic E-state index is 0.320. The van der Waals surface area contributed by atoms with Gasteiger partial charge < -0.3 is 25.3 Å². The number of para-hydroxylation sites is 2. The number of methoxy groups -OCH3 is 2. The van der Waals surface area contributed by atoms with Gasteiger partial charge in [0.15, 0.2) is 17.6 Å². The molecule has 1 amide bonds. The van der Waals surface area contributed by atoms with Crippen molar-refractivity contribution in [2.75, 3.05) is 25.3 Å². The number of rotatable bonds is 6. The molecule has 2 aromatic carbocycles. The van der Waals surface area contributed by atoms with Crippen LogP contribution in [-0.2, 0) is 4.79 Å². The minimum Gasteiger partial charge on any atom is -0.495 e. The zero-order chi connectivity index (χ0) is 16.8. The molecule has 0 fully saturated rings. The van der Waals surface area contributed by atoms with Crippen LogP contribution in [0.3, 0.4) is 0 Å². The molecule has 0 bridgehead atoms. The number of hydrogen-bond acceptors (Lipinski definition) is 5. The van der Waals surface area contributed by atoms with Gasteiger partial charge in [-0.15, -0.1) is 0 Å². The maximum atomic E-state index is 12.3. The molecule has 122 valence electrons. The standard InChI is InChI=1S/C17H20N2O4/c1-11(23-16-7-5-4-6-15(16)22-3)17(20)19-13-10-12(18)8-9-14(13)21-2/h4-11H,18H2,1-3H3,(H,19,20)/t11-/m1/s1. The van der Waals surface area contributed by atoms with Crippen LogP contribution in [0.4, 0.5) is 11.4 Å². The summed E-state index contributed by atoms with van der Waals surface area (Å²) < 4.78 is 16.1. The van der Waals surface area contributed by atoms with Crippen LogP contribution in [0.15, 0.2) is 42.5 Å². The third-order valence-corrected chi connectivity index (χ3v) is 3.22. The summed E-state index contributed by atoms with van der Waals surface area (Å²) in [6.07, 6.45) is -0.725. The molecule has 3 N–H and O–H groups in total. The first kappa shape index (κ1) is 16.5. The first-order valence-corrected chi connectivity index (χ1v) is 7.09. The van der Waals surface area contributed by atoms with Crippen molar-refractivity contribution in [3.05, 3.63) is 42.5 Å². The second-order valence-corrected chi connectivity index (χ2v) is 4.86. The molecule has 2 aromatic rings. The molecule has 0 spiro atoms. The fourth-order valence-electron chi connectivity index (χ4n) is 2.02. The largest absolute Gasteiger partial charge is 0.495 e. The minimum atomic E-state index is -0.725. The average Bonchev–Trinajstić information content (AvgIpc) is 2.55. The van der Waals surface area contributed by atoms with Gasteiger partial charge in [-0.05, 0) is 37.3 Å². The highest BCUT2D eigenvalue weighted by atomic mass is 16.5. The summed E-state index contributed by atoms with van der Waals surface area (Å²) in [4.78, 5) is 12.3. The molecule has 0 unspecified atom stereocenters. The number of nitrogens with two attached hydrogens (primary N) is 1. The first-order chi connectivity index (χ1) is 11.0. The van der Waals surface area contributed by atoms with Gasteiger partial charge in [0.1, 0.15) is 5.75 Å². The Kier molecular flexibility index (Phi) is 5.30. The summed E-state index contributed by atoms with van der Waals surface area (Å²) in [5.74, 6) is 1.27. The van der Waals surface area contributed by atoms with Crippen LogP contribution >= 0.6 is 0 Å². The number of ether oxygens (including phenoxy) is 3. The van der Waals surface area contributed by atoms with Crippen LogP contribution in [-0.4, -0.2) is 26.2 Å². The molecular weight excluding hydrogens is 296 g/mol. The Morgan fingerprint density at radius 2 is 1.70 bits per heavy atom. The highest BCUT2D eigenvalue weighted by Crippen LogP contribution is 2.29. The molecule has 0 heterocycles. The van der Waals surface area contributed by atoms with Gasteiger partial charge in [-0.25, -0.2) is 0 Å². The lowest BCUT2D eigenvalue weighted by molar-refractivity contribution is -0.122. The fourth-order valence-corrected chi connectivity index (χ4v) is 2.02. The summed E-state index contributed by atoms with van der Waals surface area (Å²) in [7, 11) is 3.07. The molecular formula is C17H20N2O4. The lowest BCUT2D eigenvalue weighted by atomic mass is 10.2. The predicted octanol–water partition coefficient (Wildman–Crippen LogP) is 2.69. The Balaban J connectivity index is 2.10. The molecule has 23 heavy (non-hydrogen) atoms. The van der Waals surface area contributed by atoms with Crippen molar-refractivity contribution in [1.29, 1.82) is 0 Å². The quantitative estimate of drug-likeness (QED) is 0.801. The third-order valence-electron chi connectivity index (χ3n) is 3.22. The van der Waals surface area contributed by atoms with Crippen molar-refractivity contribution in [3.63, 3.8) is 0 Å². The molecule has 0 radical (unpaired) electrons. The van der Waals surface area contributed by atoms with Gasteiger partial charge in [0.25, 0.3) is 5.91 Å². The van der Waals surface area contributed by atoms with E-state index in [1.165, 1.54) is 7.11 Å². The molecule has 2 rings (SSSR count). The SMILES string of the molecule is COc1ccc(N)cc1NC(=O)[C@@H](C)Oc1ccccc1OC. The van der Waals surface area contributed by atoms with E-state index in [1.807, 2.05) is 12.1 Å². The van der Waals surface area contributed by atoms with Crippen LogP contribution in [0.1, 0.15) is 6.92 Å². The number of carbonyl (C=O) groups excluding carboxylic acids is 1. The fraction of sp³-hybridized carbons (Fsp3) is 0.235. The van der Waals surface area contributed by atoms with Crippen molar-refractivity contribution >= 4 is 17.3 Å². The van der Waals surface area contributed by atoms with Gasteiger partial charge in [-0.1, -0.05) is 12.1 Å². The van der Waals surface area contributed by atoms with Gasteiger partial charge in [0, 0.05) is 5.69 Å². The van der Waals surface area contributed by atoms with Crippen LogP contribution in [0.2, 0.25) is 0 Å². The van der Waals surface area contributed by atoms with E-state index in [1.54, 1.807) is 44.4 Å². The van der Waals surface area contributed by atoms with Crippen molar-refractivity contribution in [2.45, 2.75) is 13.0 Å². The molecule has 6 nitrogen and oxygen atoms in total. The topological polar surface area (TPSA) is 82.8 Å². The second-order valence-electron chi connectivity index (χ2n) is 4.86. The molecule has 0 aliphatic heterocycles. The summed E-state index contributed by atoms with van der Waals surface area (Å²) in [6.45, 7) is 1.65. The zero-order valence-electron chi connectivity index (χ0n) is 13.3. The Bertz CT molecular complexity index is 688. The zero-order valence-corrected chi connectivity index (χ0v) is 13.3. The number of hydrogen-bond donors (Lipinski definition) is 2. The predicted molar refractivity (Wildman–Crippen MR) is 89.1 cm³/mol. The number of nitrogen functional groups attached to an aromatic ring is 1. The van der Waals surface area contributed by atoms with E-state index in [0.29, 0.717) is 28.6 Å². The van der Waals surface area contributed by atoms with E-state index in [2.05, 4.69) is 5.32 Å². The van der Waals surface area contributed by atoms with Crippen molar-refractivity contribution in [2.24, 2.45) is 0 Å². The number of amides is 1. The van der Waals surface area contributed by atoms with E-state index in [-0.39, 0.29) is 5.91 Å². The lowest BCUT2D eigenvalue weighted by Gasteiger charge is -2.17. The monoisotopic (exact) mass is 316 g/mol. The maximum Gasteiger partial charge on any atom is 0.265 e. The van der Waals surface area contributed by atoms with Crippen LogP contribution in [0.5, 0.6) is 17.2 Å². The van der Waals surface area contributed by atoms with Gasteiger partial charge in [-0.3, -0.25) is 4.79 Å². The van der Waals surface area contributed by atoms with Crippen molar-refractivity contribution < 1.29 is 19.0 Å². The molecule has 6 heteroatoms. The Labute approximate surface area is 135 Å². The normalized spacial score (nSPS) is 11.4. The van der Waals surface area contributed by atoms with Crippen LogP contribution in [0.25, 0.3) is 0 Å². The highest BCUT2D eigenvalue weighted by Gasteiger charge is 2.18. The van der Waals surface area contributed by atoms with Gasteiger partial charge in [0.2, 0.25) is 0 Å². The molecule has 1 atom stereocenters. The number of nitrogens with one attached hydrogen (secondary N) is 1. The Hall–Kier alpha value is -2.89. The van der Waals surface area contributed by atoms with Crippen molar-refractivity contribution in [3.8, 4) is 17.2 Å². The maximum absolute atomic E-state index is 12.3.